The topological polar surface area (TPSA) is 80.1 Å². The fourth-order valence-corrected chi connectivity index (χ4v) is 4.35. The Hall–Kier alpha value is -2.74. The number of benzene rings is 1. The fraction of sp³-hybridized carbons (Fsp3) is 0.300. The number of anilines is 1. The number of pyridine rings is 1. The molecular weight excluding hydrogens is 422 g/mol. The smallest absolute Gasteiger partial charge is 0.254 e. The highest BCUT2D eigenvalue weighted by molar-refractivity contribution is 9.10. The Morgan fingerprint density at radius 2 is 2.07 bits per heavy atom. The standard InChI is InChI=1S/C20H18BrN5O2/c1-25-9-16-15(24-25)4-5-17(22-16)23-18(27)10-26-11-20(6-7-20)14-8-12(21)2-3-13(14)19(26)28/h2-5,8-9H,6-7,10-11H2,1H3,(H,22,23,27). The van der Waals surface area contributed by atoms with Gasteiger partial charge in [0.15, 0.2) is 0 Å². The van der Waals surface area contributed by atoms with E-state index >= 15 is 0 Å². The lowest BCUT2D eigenvalue weighted by Crippen LogP contribution is -2.46. The zero-order valence-corrected chi connectivity index (χ0v) is 16.9. The van der Waals surface area contributed by atoms with E-state index in [4.69, 9.17) is 0 Å². The first-order valence-electron chi connectivity index (χ1n) is 9.13. The van der Waals surface area contributed by atoms with Gasteiger partial charge in [-0.3, -0.25) is 14.3 Å². The largest absolute Gasteiger partial charge is 0.328 e. The lowest BCUT2D eigenvalue weighted by molar-refractivity contribution is -0.117. The van der Waals surface area contributed by atoms with Crippen LogP contribution in [0, 0.1) is 0 Å². The third-order valence-corrected chi connectivity index (χ3v) is 5.99. The average Bonchev–Trinajstić information content (AvgIpc) is 3.32. The molecule has 1 aliphatic carbocycles. The molecular formula is C20H18BrN5O2. The highest BCUT2D eigenvalue weighted by Gasteiger charge is 2.51. The number of amides is 2. The molecule has 0 saturated heterocycles. The summed E-state index contributed by atoms with van der Waals surface area (Å²) < 4.78 is 2.66. The van der Waals surface area contributed by atoms with E-state index in [0.29, 0.717) is 23.4 Å². The summed E-state index contributed by atoms with van der Waals surface area (Å²) in [6, 6.07) is 9.32. The van der Waals surface area contributed by atoms with Crippen molar-refractivity contribution in [1.29, 1.82) is 0 Å². The molecule has 1 spiro atoms. The van der Waals surface area contributed by atoms with E-state index in [-0.39, 0.29) is 23.8 Å². The molecule has 5 rings (SSSR count). The van der Waals surface area contributed by atoms with Crippen LogP contribution in [0.1, 0.15) is 28.8 Å². The maximum Gasteiger partial charge on any atom is 0.254 e. The van der Waals surface area contributed by atoms with Crippen LogP contribution in [0.25, 0.3) is 11.0 Å². The summed E-state index contributed by atoms with van der Waals surface area (Å²) in [5.74, 6) is 0.117. The van der Waals surface area contributed by atoms with Crippen molar-refractivity contribution in [3.8, 4) is 0 Å². The predicted molar refractivity (Wildman–Crippen MR) is 108 cm³/mol. The van der Waals surface area contributed by atoms with Crippen molar-refractivity contribution in [3.63, 3.8) is 0 Å². The highest BCUT2D eigenvalue weighted by atomic mass is 79.9. The zero-order valence-electron chi connectivity index (χ0n) is 15.3. The van der Waals surface area contributed by atoms with E-state index in [1.54, 1.807) is 21.8 Å². The Balaban J connectivity index is 1.34. The highest BCUT2D eigenvalue weighted by Crippen LogP contribution is 2.52. The molecule has 0 unspecified atom stereocenters. The SMILES string of the molecule is Cn1cc2nc(NC(=O)CN3CC4(CC4)c4cc(Br)ccc4C3=O)ccc2n1. The average molecular weight is 440 g/mol. The zero-order chi connectivity index (χ0) is 19.5. The van der Waals surface area contributed by atoms with Crippen LogP contribution >= 0.6 is 15.9 Å². The maximum atomic E-state index is 12.9. The molecule has 7 nitrogen and oxygen atoms in total. The van der Waals surface area contributed by atoms with Gasteiger partial charge in [0.05, 0.1) is 6.20 Å². The molecule has 8 heteroatoms. The molecule has 1 aromatic carbocycles. The van der Waals surface area contributed by atoms with Crippen LogP contribution < -0.4 is 5.32 Å². The second-order valence-electron chi connectivity index (χ2n) is 7.58. The summed E-state index contributed by atoms with van der Waals surface area (Å²) in [5.41, 5.74) is 3.29. The molecule has 0 atom stereocenters. The van der Waals surface area contributed by atoms with Crippen molar-refractivity contribution in [2.24, 2.45) is 7.05 Å². The molecule has 2 aliphatic rings. The molecule has 1 saturated carbocycles. The number of aryl methyl sites for hydroxylation is 1. The second kappa shape index (κ2) is 6.13. The van der Waals surface area contributed by atoms with Crippen molar-refractivity contribution in [2.75, 3.05) is 18.4 Å². The first-order chi connectivity index (χ1) is 13.4. The van der Waals surface area contributed by atoms with Crippen molar-refractivity contribution < 1.29 is 9.59 Å². The number of aromatic nitrogens is 3. The van der Waals surface area contributed by atoms with E-state index in [1.807, 2.05) is 31.3 Å². The first kappa shape index (κ1) is 17.4. The van der Waals surface area contributed by atoms with Gasteiger partial charge in [-0.15, -0.1) is 0 Å². The maximum absolute atomic E-state index is 12.9. The number of halogens is 1. The van der Waals surface area contributed by atoms with Crippen LogP contribution in [0.15, 0.2) is 41.0 Å². The molecule has 2 aromatic heterocycles. The molecule has 0 bridgehead atoms. The molecule has 142 valence electrons. The van der Waals surface area contributed by atoms with Crippen molar-refractivity contribution >= 4 is 44.6 Å². The van der Waals surface area contributed by atoms with Gasteiger partial charge in [0.2, 0.25) is 5.91 Å². The Morgan fingerprint density at radius 3 is 2.86 bits per heavy atom. The quantitative estimate of drug-likeness (QED) is 0.680. The van der Waals surface area contributed by atoms with Gasteiger partial charge in [0.1, 0.15) is 23.4 Å². The third-order valence-electron chi connectivity index (χ3n) is 5.50. The number of rotatable bonds is 3. The summed E-state index contributed by atoms with van der Waals surface area (Å²) in [5, 5.41) is 7.08. The second-order valence-corrected chi connectivity index (χ2v) is 8.50. The fourth-order valence-electron chi connectivity index (χ4n) is 3.99. The number of hydrogen-bond acceptors (Lipinski definition) is 4. The normalized spacial score (nSPS) is 17.1. The predicted octanol–water partition coefficient (Wildman–Crippen LogP) is 2.86. The molecule has 3 aromatic rings. The van der Waals surface area contributed by atoms with Crippen molar-refractivity contribution in [1.82, 2.24) is 19.7 Å². The van der Waals surface area contributed by atoms with Gasteiger partial charge in [-0.1, -0.05) is 15.9 Å². The number of carbonyl (C=O) groups is 2. The number of carbonyl (C=O) groups excluding carboxylic acids is 2. The van der Waals surface area contributed by atoms with E-state index < -0.39 is 0 Å². The van der Waals surface area contributed by atoms with E-state index in [2.05, 4.69) is 31.3 Å². The van der Waals surface area contributed by atoms with E-state index in [1.165, 1.54) is 0 Å². The lowest BCUT2D eigenvalue weighted by Gasteiger charge is -2.34. The first-order valence-corrected chi connectivity index (χ1v) is 9.92. The Morgan fingerprint density at radius 1 is 1.25 bits per heavy atom. The van der Waals surface area contributed by atoms with Crippen LogP contribution in [-0.4, -0.2) is 44.6 Å². The van der Waals surface area contributed by atoms with Crippen molar-refractivity contribution in [3.05, 3.63) is 52.1 Å². The molecule has 1 fully saturated rings. The summed E-state index contributed by atoms with van der Waals surface area (Å²) in [7, 11) is 1.83. The van der Waals surface area contributed by atoms with Gasteiger partial charge in [-0.25, -0.2) is 4.98 Å². The number of nitrogens with zero attached hydrogens (tertiary/aromatic N) is 4. The Kier molecular flexibility index (Phi) is 3.80. The number of nitrogens with one attached hydrogen (secondary N) is 1. The number of hydrogen-bond donors (Lipinski definition) is 1. The van der Waals surface area contributed by atoms with Gasteiger partial charge in [0, 0.05) is 29.0 Å². The number of fused-ring (bicyclic) bond motifs is 3. The van der Waals surface area contributed by atoms with Crippen LogP contribution in [0.5, 0.6) is 0 Å². The lowest BCUT2D eigenvalue weighted by atomic mass is 9.86. The van der Waals surface area contributed by atoms with Gasteiger partial charge >= 0.3 is 0 Å². The molecule has 3 heterocycles. The molecule has 28 heavy (non-hydrogen) atoms. The summed E-state index contributed by atoms with van der Waals surface area (Å²) >= 11 is 3.50. The van der Waals surface area contributed by atoms with Gasteiger partial charge in [-0.2, -0.15) is 5.10 Å². The van der Waals surface area contributed by atoms with Crippen molar-refractivity contribution in [2.45, 2.75) is 18.3 Å². The van der Waals surface area contributed by atoms with E-state index in [9.17, 15) is 9.59 Å². The summed E-state index contributed by atoms with van der Waals surface area (Å²) in [6.07, 6.45) is 3.88. The molecule has 1 N–H and O–H groups in total. The molecule has 2 amide bonds. The Labute approximate surface area is 169 Å². The monoisotopic (exact) mass is 439 g/mol. The van der Waals surface area contributed by atoms with Gasteiger partial charge in [0.25, 0.3) is 5.91 Å². The minimum Gasteiger partial charge on any atom is -0.328 e. The van der Waals surface area contributed by atoms with Crippen LogP contribution in [0.3, 0.4) is 0 Å². The van der Waals surface area contributed by atoms with E-state index in [0.717, 1.165) is 28.4 Å². The molecule has 1 aliphatic heterocycles. The van der Waals surface area contributed by atoms with Crippen LogP contribution in [0.4, 0.5) is 5.82 Å². The Bertz CT molecular complexity index is 1130. The summed E-state index contributed by atoms with van der Waals surface area (Å²) in [4.78, 5) is 31.6. The minimum absolute atomic E-state index is 0.000171. The van der Waals surface area contributed by atoms with Crippen LogP contribution in [-0.2, 0) is 17.3 Å². The van der Waals surface area contributed by atoms with Gasteiger partial charge < -0.3 is 10.2 Å². The van der Waals surface area contributed by atoms with Crippen LogP contribution in [0.2, 0.25) is 0 Å². The third kappa shape index (κ3) is 2.88. The molecule has 0 radical (unpaired) electrons. The summed E-state index contributed by atoms with van der Waals surface area (Å²) in [6.45, 7) is 0.598. The van der Waals surface area contributed by atoms with Gasteiger partial charge in [-0.05, 0) is 48.7 Å². The minimum atomic E-state index is -0.250.